The minimum atomic E-state index is -4.36. The number of hydrogen-bond donors (Lipinski definition) is 0. The average molecular weight is 551 g/mol. The standard InChI is InChI=1S/C30H29F3N4OS/c1-19(2)25-15-21(17-34)16-26-28(25)38-29(36-26)22-5-3-20(4-6-22)11-14-39-24-9-12-37(13-10-24)27-8-7-23(18-35-27)30(31,32)33/h3-8,15-16,18-19,24H,9-14H2,1-2H3. The van der Waals surface area contributed by atoms with Crippen molar-refractivity contribution in [3.05, 3.63) is 77.0 Å². The normalized spacial score (nSPS) is 14.7. The first-order valence-corrected chi connectivity index (χ1v) is 14.1. The van der Waals surface area contributed by atoms with Gasteiger partial charge in [0.1, 0.15) is 11.3 Å². The van der Waals surface area contributed by atoms with E-state index in [0.29, 0.717) is 28.0 Å². The minimum Gasteiger partial charge on any atom is -0.436 e. The van der Waals surface area contributed by atoms with Crippen LogP contribution in [0.5, 0.6) is 0 Å². The first-order chi connectivity index (χ1) is 18.7. The van der Waals surface area contributed by atoms with Crippen molar-refractivity contribution in [1.29, 1.82) is 5.26 Å². The van der Waals surface area contributed by atoms with E-state index in [-0.39, 0.29) is 5.92 Å². The molecule has 1 aliphatic rings. The molecule has 0 spiro atoms. The third-order valence-electron chi connectivity index (χ3n) is 7.06. The molecular weight excluding hydrogens is 521 g/mol. The Kier molecular flexibility index (Phi) is 7.85. The van der Waals surface area contributed by atoms with Gasteiger partial charge in [-0.05, 0) is 72.9 Å². The predicted molar refractivity (Wildman–Crippen MR) is 149 cm³/mol. The third-order valence-corrected chi connectivity index (χ3v) is 8.44. The molecule has 2 aromatic heterocycles. The highest BCUT2D eigenvalue weighted by molar-refractivity contribution is 7.99. The SMILES string of the molecule is CC(C)c1cc(C#N)cc2nc(-c3ccc(CCSC4CCN(c5ccc(C(F)(F)F)cn5)CC4)cc3)oc12. The molecule has 1 fully saturated rings. The molecule has 1 aliphatic heterocycles. The van der Waals surface area contributed by atoms with Crippen LogP contribution in [0.25, 0.3) is 22.6 Å². The Labute approximate surface area is 230 Å². The van der Waals surface area contributed by atoms with Crippen LogP contribution in [0.1, 0.15) is 54.9 Å². The monoisotopic (exact) mass is 550 g/mol. The molecule has 0 unspecified atom stereocenters. The van der Waals surface area contributed by atoms with Crippen LogP contribution in [0, 0.1) is 11.3 Å². The Morgan fingerprint density at radius 2 is 1.85 bits per heavy atom. The molecule has 5 rings (SSSR count). The van der Waals surface area contributed by atoms with Gasteiger partial charge in [0.25, 0.3) is 0 Å². The number of aryl methyl sites for hydroxylation is 1. The zero-order valence-electron chi connectivity index (χ0n) is 21.8. The fourth-order valence-electron chi connectivity index (χ4n) is 4.83. The van der Waals surface area contributed by atoms with Gasteiger partial charge in [-0.3, -0.25) is 0 Å². The number of nitrogens with zero attached hydrogens (tertiary/aromatic N) is 4. The van der Waals surface area contributed by atoms with Crippen LogP contribution in [0.2, 0.25) is 0 Å². The molecule has 0 saturated carbocycles. The molecule has 9 heteroatoms. The minimum absolute atomic E-state index is 0.218. The largest absolute Gasteiger partial charge is 0.436 e. The van der Waals surface area contributed by atoms with Crippen molar-refractivity contribution < 1.29 is 17.6 Å². The molecule has 39 heavy (non-hydrogen) atoms. The maximum Gasteiger partial charge on any atom is 0.417 e. The van der Waals surface area contributed by atoms with E-state index in [0.717, 1.165) is 67.1 Å². The van der Waals surface area contributed by atoms with Gasteiger partial charge < -0.3 is 9.32 Å². The van der Waals surface area contributed by atoms with Gasteiger partial charge >= 0.3 is 6.18 Å². The molecular formula is C30H29F3N4OS. The maximum absolute atomic E-state index is 12.8. The van der Waals surface area contributed by atoms with Crippen molar-refractivity contribution in [3.63, 3.8) is 0 Å². The number of alkyl halides is 3. The Bertz CT molecular complexity index is 1470. The van der Waals surface area contributed by atoms with E-state index in [1.54, 1.807) is 6.07 Å². The quantitative estimate of drug-likeness (QED) is 0.233. The Hall–Kier alpha value is -3.51. The maximum atomic E-state index is 12.8. The van der Waals surface area contributed by atoms with Gasteiger partial charge in [0, 0.05) is 35.7 Å². The number of hydrogen-bond acceptors (Lipinski definition) is 6. The highest BCUT2D eigenvalue weighted by Gasteiger charge is 2.31. The van der Waals surface area contributed by atoms with Gasteiger partial charge in [0.15, 0.2) is 5.58 Å². The molecule has 1 saturated heterocycles. The molecule has 2 aromatic carbocycles. The number of fused-ring (bicyclic) bond motifs is 1. The highest BCUT2D eigenvalue weighted by Crippen LogP contribution is 2.33. The molecule has 0 atom stereocenters. The van der Waals surface area contributed by atoms with Crippen LogP contribution in [-0.4, -0.2) is 34.1 Å². The first kappa shape index (κ1) is 27.1. The summed E-state index contributed by atoms with van der Waals surface area (Å²) in [6, 6.07) is 16.7. The second-order valence-electron chi connectivity index (χ2n) is 10.1. The Balaban J connectivity index is 1.13. The summed E-state index contributed by atoms with van der Waals surface area (Å²) in [6.45, 7) is 5.74. The lowest BCUT2D eigenvalue weighted by Gasteiger charge is -2.32. The number of pyridine rings is 1. The number of piperidine rings is 1. The number of thioether (sulfide) groups is 1. The number of nitriles is 1. The van der Waals surface area contributed by atoms with Crippen molar-refractivity contribution in [2.75, 3.05) is 23.7 Å². The number of oxazole rings is 1. The summed E-state index contributed by atoms with van der Waals surface area (Å²) < 4.78 is 44.5. The Morgan fingerprint density at radius 1 is 1.10 bits per heavy atom. The van der Waals surface area contributed by atoms with Crippen molar-refractivity contribution in [2.45, 2.75) is 50.5 Å². The van der Waals surface area contributed by atoms with Crippen LogP contribution < -0.4 is 4.90 Å². The summed E-state index contributed by atoms with van der Waals surface area (Å²) in [5, 5.41) is 9.89. The molecule has 0 aliphatic carbocycles. The van der Waals surface area contributed by atoms with Crippen LogP contribution in [0.15, 0.2) is 59.1 Å². The van der Waals surface area contributed by atoms with Crippen LogP contribution >= 0.6 is 11.8 Å². The lowest BCUT2D eigenvalue weighted by molar-refractivity contribution is -0.137. The lowest BCUT2D eigenvalue weighted by atomic mass is 10.00. The first-order valence-electron chi connectivity index (χ1n) is 13.0. The average Bonchev–Trinajstić information content (AvgIpc) is 3.37. The van der Waals surface area contributed by atoms with Gasteiger partial charge in [-0.25, -0.2) is 9.97 Å². The number of benzene rings is 2. The second kappa shape index (κ2) is 11.3. The van der Waals surface area contributed by atoms with E-state index in [4.69, 9.17) is 4.42 Å². The van der Waals surface area contributed by atoms with Crippen LogP contribution in [-0.2, 0) is 12.6 Å². The fraction of sp³-hybridized carbons (Fsp3) is 0.367. The van der Waals surface area contributed by atoms with Gasteiger partial charge in [0.05, 0.1) is 17.2 Å². The summed E-state index contributed by atoms with van der Waals surface area (Å²) in [7, 11) is 0. The topological polar surface area (TPSA) is 66.0 Å². The number of aromatic nitrogens is 2. The summed E-state index contributed by atoms with van der Waals surface area (Å²) in [6.07, 6.45) is -0.534. The fourth-order valence-corrected chi connectivity index (χ4v) is 6.06. The van der Waals surface area contributed by atoms with E-state index in [9.17, 15) is 18.4 Å². The molecule has 3 heterocycles. The number of anilines is 1. The summed E-state index contributed by atoms with van der Waals surface area (Å²) >= 11 is 1.95. The summed E-state index contributed by atoms with van der Waals surface area (Å²) in [5.41, 5.74) is 4.43. The van der Waals surface area contributed by atoms with E-state index >= 15 is 0 Å². The summed E-state index contributed by atoms with van der Waals surface area (Å²) in [4.78, 5) is 10.7. The van der Waals surface area contributed by atoms with E-state index in [1.165, 1.54) is 11.6 Å². The number of halogens is 3. The van der Waals surface area contributed by atoms with Crippen molar-refractivity contribution in [1.82, 2.24) is 9.97 Å². The summed E-state index contributed by atoms with van der Waals surface area (Å²) in [5.74, 6) is 2.38. The molecule has 5 nitrogen and oxygen atoms in total. The van der Waals surface area contributed by atoms with Crippen molar-refractivity contribution in [2.24, 2.45) is 0 Å². The van der Waals surface area contributed by atoms with Crippen LogP contribution in [0.3, 0.4) is 0 Å². The molecule has 4 aromatic rings. The van der Waals surface area contributed by atoms with Gasteiger partial charge in [-0.15, -0.1) is 0 Å². The molecule has 0 N–H and O–H groups in total. The third kappa shape index (κ3) is 6.22. The molecule has 0 radical (unpaired) electrons. The van der Waals surface area contributed by atoms with Gasteiger partial charge in [-0.2, -0.15) is 30.2 Å². The van der Waals surface area contributed by atoms with E-state index in [1.807, 2.05) is 30.0 Å². The van der Waals surface area contributed by atoms with E-state index in [2.05, 4.69) is 46.9 Å². The van der Waals surface area contributed by atoms with Gasteiger partial charge in [0.2, 0.25) is 5.89 Å². The van der Waals surface area contributed by atoms with Crippen molar-refractivity contribution in [3.8, 4) is 17.5 Å². The zero-order valence-corrected chi connectivity index (χ0v) is 22.6. The lowest BCUT2D eigenvalue weighted by Crippen LogP contribution is -2.35. The van der Waals surface area contributed by atoms with E-state index < -0.39 is 11.7 Å². The predicted octanol–water partition coefficient (Wildman–Crippen LogP) is 7.85. The smallest absolute Gasteiger partial charge is 0.417 e. The van der Waals surface area contributed by atoms with Gasteiger partial charge in [-0.1, -0.05) is 26.0 Å². The second-order valence-corrected chi connectivity index (χ2v) is 11.5. The molecule has 0 amide bonds. The van der Waals surface area contributed by atoms with Crippen molar-refractivity contribution >= 4 is 28.7 Å². The zero-order chi connectivity index (χ0) is 27.6. The highest BCUT2D eigenvalue weighted by atomic mass is 32.2. The Morgan fingerprint density at radius 3 is 2.46 bits per heavy atom. The molecule has 202 valence electrons. The van der Waals surface area contributed by atoms with Crippen LogP contribution in [0.4, 0.5) is 19.0 Å². The molecule has 0 bridgehead atoms. The number of rotatable bonds is 7.